The maximum absolute atomic E-state index is 10.1. The molecule has 3 heteroatoms. The molecule has 1 rings (SSSR count). The lowest BCUT2D eigenvalue weighted by molar-refractivity contribution is 0.132. The maximum Gasteiger partial charge on any atom is 0.0681 e. The highest BCUT2D eigenvalue weighted by Gasteiger charge is 2.30. The van der Waals surface area contributed by atoms with Gasteiger partial charge in [-0.2, -0.15) is 0 Å². The van der Waals surface area contributed by atoms with Crippen molar-refractivity contribution in [2.24, 2.45) is 0 Å². The Labute approximate surface area is 130 Å². The second-order valence-corrected chi connectivity index (χ2v) is 5.73. The van der Waals surface area contributed by atoms with Gasteiger partial charge in [0.05, 0.1) is 12.1 Å². The Kier molecular flexibility index (Phi) is 8.58. The summed E-state index contributed by atoms with van der Waals surface area (Å²) in [4.78, 5) is 2.50. The van der Waals surface area contributed by atoms with Gasteiger partial charge in [-0.25, -0.2) is 0 Å². The zero-order chi connectivity index (χ0) is 15.6. The Morgan fingerprint density at radius 1 is 1.00 bits per heavy atom. The van der Waals surface area contributed by atoms with Gasteiger partial charge in [-0.3, -0.25) is 0 Å². The third kappa shape index (κ3) is 5.42. The van der Waals surface area contributed by atoms with Crippen LogP contribution in [0.15, 0.2) is 30.3 Å². The van der Waals surface area contributed by atoms with Crippen LogP contribution >= 0.6 is 0 Å². The first kappa shape index (κ1) is 18.1. The van der Waals surface area contributed by atoms with Gasteiger partial charge in [0.15, 0.2) is 0 Å². The van der Waals surface area contributed by atoms with E-state index in [9.17, 15) is 5.11 Å². The molecular formula is C18H32N2O. The third-order valence-electron chi connectivity index (χ3n) is 4.05. The summed E-state index contributed by atoms with van der Waals surface area (Å²) in [5.74, 6) is 0. The molecule has 2 N–H and O–H groups in total. The average molecular weight is 292 g/mol. The molecule has 1 atom stereocenters. The topological polar surface area (TPSA) is 35.5 Å². The third-order valence-corrected chi connectivity index (χ3v) is 4.05. The van der Waals surface area contributed by atoms with Crippen molar-refractivity contribution in [2.45, 2.75) is 45.6 Å². The number of likely N-dealkylation sites (N-methyl/N-ethyl adjacent to an activating group) is 1. The van der Waals surface area contributed by atoms with Gasteiger partial charge in [0.25, 0.3) is 0 Å². The number of aliphatic hydroxyl groups is 1. The molecule has 0 amide bonds. The lowest BCUT2D eigenvalue weighted by atomic mass is 9.87. The van der Waals surface area contributed by atoms with Crippen LogP contribution < -0.4 is 5.32 Å². The fourth-order valence-corrected chi connectivity index (χ4v) is 2.97. The second-order valence-electron chi connectivity index (χ2n) is 5.73. The Morgan fingerprint density at radius 3 is 2.10 bits per heavy atom. The molecule has 0 bridgehead atoms. The Morgan fingerprint density at radius 2 is 1.62 bits per heavy atom. The molecule has 0 radical (unpaired) electrons. The zero-order valence-corrected chi connectivity index (χ0v) is 13.9. The summed E-state index contributed by atoms with van der Waals surface area (Å²) in [6, 6.07) is 10.4. The molecule has 0 aliphatic heterocycles. The molecule has 0 heterocycles. The average Bonchev–Trinajstić information content (AvgIpc) is 2.52. The number of nitrogens with one attached hydrogen (secondary N) is 1. The number of rotatable bonds is 11. The molecule has 0 spiro atoms. The Balaban J connectivity index is 2.82. The van der Waals surface area contributed by atoms with Gasteiger partial charge >= 0.3 is 0 Å². The molecule has 0 aromatic heterocycles. The summed E-state index contributed by atoms with van der Waals surface area (Å²) in [7, 11) is 0. The fraction of sp³-hybridized carbons (Fsp3) is 0.667. The Hall–Kier alpha value is -0.900. The van der Waals surface area contributed by atoms with E-state index in [1.165, 1.54) is 18.4 Å². The van der Waals surface area contributed by atoms with Crippen molar-refractivity contribution < 1.29 is 5.11 Å². The standard InChI is InChI=1S/C18H32N2O/c1-4-13-20(14-5-2)15-12-18(16-21,19-6-3)17-10-8-7-9-11-17/h7-11,19,21H,4-6,12-16H2,1-3H3. The summed E-state index contributed by atoms with van der Waals surface area (Å²) >= 11 is 0. The van der Waals surface area contributed by atoms with E-state index in [0.717, 1.165) is 32.6 Å². The minimum atomic E-state index is -0.324. The molecule has 0 saturated carbocycles. The largest absolute Gasteiger partial charge is 0.394 e. The first-order valence-electron chi connectivity index (χ1n) is 8.36. The monoisotopic (exact) mass is 292 g/mol. The molecule has 3 nitrogen and oxygen atoms in total. The van der Waals surface area contributed by atoms with Crippen LogP contribution in [0.2, 0.25) is 0 Å². The van der Waals surface area contributed by atoms with Gasteiger partial charge in [-0.05, 0) is 44.5 Å². The molecular weight excluding hydrogens is 260 g/mol. The van der Waals surface area contributed by atoms with E-state index in [1.54, 1.807) is 0 Å². The highest BCUT2D eigenvalue weighted by molar-refractivity contribution is 5.24. The van der Waals surface area contributed by atoms with Crippen LogP contribution in [0.25, 0.3) is 0 Å². The van der Waals surface area contributed by atoms with Crippen LogP contribution in [-0.2, 0) is 5.54 Å². The molecule has 120 valence electrons. The summed E-state index contributed by atoms with van der Waals surface area (Å²) in [6.45, 7) is 10.8. The first-order chi connectivity index (χ1) is 10.2. The smallest absolute Gasteiger partial charge is 0.0681 e. The van der Waals surface area contributed by atoms with Crippen LogP contribution in [0.1, 0.15) is 45.6 Å². The van der Waals surface area contributed by atoms with Gasteiger partial charge in [-0.15, -0.1) is 0 Å². The van der Waals surface area contributed by atoms with Gasteiger partial charge in [0, 0.05) is 6.54 Å². The lowest BCUT2D eigenvalue weighted by Gasteiger charge is -2.35. The van der Waals surface area contributed by atoms with Crippen LogP contribution in [0, 0.1) is 0 Å². The minimum Gasteiger partial charge on any atom is -0.394 e. The predicted molar refractivity (Wildman–Crippen MR) is 90.5 cm³/mol. The van der Waals surface area contributed by atoms with E-state index in [4.69, 9.17) is 0 Å². The van der Waals surface area contributed by atoms with Crippen molar-refractivity contribution >= 4 is 0 Å². The minimum absolute atomic E-state index is 0.136. The lowest BCUT2D eigenvalue weighted by Crippen LogP contribution is -2.48. The summed E-state index contributed by atoms with van der Waals surface area (Å²) in [6.07, 6.45) is 3.29. The predicted octanol–water partition coefficient (Wildman–Crippen LogP) is 3.00. The number of hydrogen-bond donors (Lipinski definition) is 2. The Bertz CT molecular complexity index is 363. The number of aliphatic hydroxyl groups excluding tert-OH is 1. The van der Waals surface area contributed by atoms with E-state index >= 15 is 0 Å². The molecule has 1 aromatic rings. The quantitative estimate of drug-likeness (QED) is 0.658. The molecule has 0 saturated heterocycles. The van der Waals surface area contributed by atoms with Crippen LogP contribution in [0.3, 0.4) is 0 Å². The number of benzene rings is 1. The fourth-order valence-electron chi connectivity index (χ4n) is 2.97. The van der Waals surface area contributed by atoms with Crippen LogP contribution in [0.5, 0.6) is 0 Å². The van der Waals surface area contributed by atoms with E-state index in [2.05, 4.69) is 43.1 Å². The van der Waals surface area contributed by atoms with Crippen LogP contribution in [-0.4, -0.2) is 42.8 Å². The second kappa shape index (κ2) is 9.93. The van der Waals surface area contributed by atoms with Crippen molar-refractivity contribution in [2.75, 3.05) is 32.8 Å². The van der Waals surface area contributed by atoms with Gasteiger partial charge in [0.2, 0.25) is 0 Å². The molecule has 21 heavy (non-hydrogen) atoms. The highest BCUT2D eigenvalue weighted by Crippen LogP contribution is 2.25. The van der Waals surface area contributed by atoms with Crippen molar-refractivity contribution in [1.82, 2.24) is 10.2 Å². The van der Waals surface area contributed by atoms with Gasteiger partial charge in [0.1, 0.15) is 0 Å². The van der Waals surface area contributed by atoms with E-state index in [0.29, 0.717) is 0 Å². The summed E-state index contributed by atoms with van der Waals surface area (Å²) < 4.78 is 0. The van der Waals surface area contributed by atoms with Gasteiger partial charge in [-0.1, -0.05) is 51.1 Å². The molecule has 1 aromatic carbocycles. The zero-order valence-electron chi connectivity index (χ0n) is 13.9. The SMILES string of the molecule is CCCN(CCC)CCC(CO)(NCC)c1ccccc1. The maximum atomic E-state index is 10.1. The van der Waals surface area contributed by atoms with E-state index in [1.807, 2.05) is 18.2 Å². The summed E-state index contributed by atoms with van der Waals surface area (Å²) in [5.41, 5.74) is 0.859. The molecule has 0 aliphatic rings. The molecule has 1 unspecified atom stereocenters. The molecule has 0 aliphatic carbocycles. The van der Waals surface area contributed by atoms with Crippen molar-refractivity contribution in [3.63, 3.8) is 0 Å². The normalized spacial score (nSPS) is 14.3. The highest BCUT2D eigenvalue weighted by atomic mass is 16.3. The van der Waals surface area contributed by atoms with Crippen molar-refractivity contribution in [3.05, 3.63) is 35.9 Å². The van der Waals surface area contributed by atoms with E-state index in [-0.39, 0.29) is 12.1 Å². The number of hydrogen-bond acceptors (Lipinski definition) is 3. The summed E-state index contributed by atoms with van der Waals surface area (Å²) in [5, 5.41) is 13.6. The van der Waals surface area contributed by atoms with Gasteiger partial charge < -0.3 is 15.3 Å². The first-order valence-corrected chi connectivity index (χ1v) is 8.36. The van der Waals surface area contributed by atoms with Crippen molar-refractivity contribution in [3.8, 4) is 0 Å². The number of nitrogens with zero attached hydrogens (tertiary/aromatic N) is 1. The van der Waals surface area contributed by atoms with Crippen LogP contribution in [0.4, 0.5) is 0 Å². The molecule has 0 fully saturated rings. The van der Waals surface area contributed by atoms with E-state index < -0.39 is 0 Å². The van der Waals surface area contributed by atoms with Crippen molar-refractivity contribution in [1.29, 1.82) is 0 Å².